The fourth-order valence-corrected chi connectivity index (χ4v) is 4.18. The fraction of sp³-hybridized carbons (Fsp3) is 0.636. The van der Waals surface area contributed by atoms with Crippen molar-refractivity contribution in [2.45, 2.75) is 52.1 Å². The molecule has 156 valence electrons. The summed E-state index contributed by atoms with van der Waals surface area (Å²) in [6.07, 6.45) is 2.94. The lowest BCUT2D eigenvalue weighted by Gasteiger charge is -2.43. The third-order valence-electron chi connectivity index (χ3n) is 5.63. The van der Waals surface area contributed by atoms with Gasteiger partial charge in [0.25, 0.3) is 5.91 Å². The van der Waals surface area contributed by atoms with Crippen LogP contribution in [0.5, 0.6) is 0 Å². The number of carbonyl (C=O) groups is 2. The summed E-state index contributed by atoms with van der Waals surface area (Å²) in [7, 11) is 0. The molecule has 28 heavy (non-hydrogen) atoms. The largest absolute Gasteiger partial charge is 0.460 e. The molecule has 1 aliphatic carbocycles. The average molecular weight is 392 g/mol. The van der Waals surface area contributed by atoms with Gasteiger partial charge in [0.05, 0.1) is 12.2 Å². The van der Waals surface area contributed by atoms with Crippen LogP contribution in [0.15, 0.2) is 24.3 Å². The van der Waals surface area contributed by atoms with Gasteiger partial charge >= 0.3 is 5.97 Å². The van der Waals surface area contributed by atoms with Crippen LogP contribution in [0.4, 0.5) is 0 Å². The van der Waals surface area contributed by atoms with Crippen molar-refractivity contribution in [1.82, 2.24) is 5.32 Å². The lowest BCUT2D eigenvalue weighted by Crippen LogP contribution is -2.56. The molecule has 0 heterocycles. The van der Waals surface area contributed by atoms with Crippen LogP contribution in [0, 0.1) is 17.8 Å². The van der Waals surface area contributed by atoms with E-state index in [1.165, 1.54) is 0 Å². The van der Waals surface area contributed by atoms with Crippen molar-refractivity contribution in [3.05, 3.63) is 35.4 Å². The third-order valence-corrected chi connectivity index (χ3v) is 5.63. The van der Waals surface area contributed by atoms with E-state index in [1.54, 1.807) is 18.2 Å². The second kappa shape index (κ2) is 10.0. The number of ether oxygens (including phenoxy) is 1. The molecule has 6 nitrogen and oxygen atoms in total. The zero-order valence-electron chi connectivity index (χ0n) is 17.1. The number of amides is 1. The molecule has 6 heteroatoms. The fourth-order valence-electron chi connectivity index (χ4n) is 4.18. The number of esters is 1. The van der Waals surface area contributed by atoms with E-state index in [4.69, 9.17) is 9.84 Å². The molecular weight excluding hydrogens is 358 g/mol. The minimum absolute atomic E-state index is 0.0340. The molecule has 0 aliphatic heterocycles. The predicted octanol–water partition coefficient (Wildman–Crippen LogP) is 2.32. The first kappa shape index (κ1) is 22.4. The second-order valence-electron chi connectivity index (χ2n) is 8.23. The van der Waals surface area contributed by atoms with Crippen LogP contribution in [0.1, 0.15) is 56.0 Å². The second-order valence-corrected chi connectivity index (χ2v) is 8.23. The number of carbonyl (C=O) groups excluding carboxylic acids is 2. The van der Waals surface area contributed by atoms with Crippen molar-refractivity contribution < 1.29 is 24.5 Å². The third kappa shape index (κ3) is 5.55. The highest BCUT2D eigenvalue weighted by Gasteiger charge is 2.48. The van der Waals surface area contributed by atoms with Gasteiger partial charge in [0, 0.05) is 6.54 Å². The predicted molar refractivity (Wildman–Crippen MR) is 107 cm³/mol. The zero-order valence-corrected chi connectivity index (χ0v) is 17.1. The lowest BCUT2D eigenvalue weighted by atomic mass is 9.66. The Hall–Kier alpha value is -1.92. The molecule has 1 aromatic carbocycles. The van der Waals surface area contributed by atoms with E-state index in [2.05, 4.69) is 26.1 Å². The molecule has 0 spiro atoms. The normalized spacial score (nSPS) is 24.8. The number of hydrogen-bond acceptors (Lipinski definition) is 5. The molecule has 1 saturated carbocycles. The lowest BCUT2D eigenvalue weighted by molar-refractivity contribution is -0.155. The monoisotopic (exact) mass is 391 g/mol. The van der Waals surface area contributed by atoms with E-state index in [0.29, 0.717) is 30.9 Å². The maximum atomic E-state index is 12.8. The Morgan fingerprint density at radius 2 is 2.07 bits per heavy atom. The van der Waals surface area contributed by atoms with Gasteiger partial charge in [0.1, 0.15) is 12.2 Å². The maximum absolute atomic E-state index is 12.8. The molecule has 3 N–H and O–H groups in total. The van der Waals surface area contributed by atoms with Crippen molar-refractivity contribution in [3.63, 3.8) is 0 Å². The Morgan fingerprint density at radius 3 is 2.75 bits per heavy atom. The summed E-state index contributed by atoms with van der Waals surface area (Å²) in [5.41, 5.74) is -0.0121. The van der Waals surface area contributed by atoms with Crippen LogP contribution in [-0.2, 0) is 16.0 Å². The van der Waals surface area contributed by atoms with Crippen molar-refractivity contribution >= 4 is 11.9 Å². The van der Waals surface area contributed by atoms with E-state index < -0.39 is 11.6 Å². The highest BCUT2D eigenvalue weighted by molar-refractivity contribution is 5.89. The molecule has 2 rings (SSSR count). The molecule has 0 aromatic heterocycles. The first-order valence-corrected chi connectivity index (χ1v) is 10.2. The Morgan fingerprint density at radius 1 is 1.32 bits per heavy atom. The van der Waals surface area contributed by atoms with E-state index in [9.17, 15) is 14.7 Å². The van der Waals surface area contributed by atoms with E-state index in [-0.39, 0.29) is 31.0 Å². The van der Waals surface area contributed by atoms with Gasteiger partial charge in [-0.15, -0.1) is 0 Å². The number of hydrogen-bond donors (Lipinski definition) is 3. The summed E-state index contributed by atoms with van der Waals surface area (Å²) >= 11 is 0. The van der Waals surface area contributed by atoms with Crippen molar-refractivity contribution in [2.75, 3.05) is 19.8 Å². The van der Waals surface area contributed by atoms with E-state index in [1.807, 2.05) is 6.07 Å². The summed E-state index contributed by atoms with van der Waals surface area (Å²) in [5, 5.41) is 22.8. The highest BCUT2D eigenvalue weighted by atomic mass is 16.5. The van der Waals surface area contributed by atoms with Crippen LogP contribution in [-0.4, -0.2) is 47.4 Å². The molecule has 0 bridgehead atoms. The van der Waals surface area contributed by atoms with Crippen LogP contribution < -0.4 is 5.32 Å². The summed E-state index contributed by atoms with van der Waals surface area (Å²) in [6, 6.07) is 7.02. The summed E-state index contributed by atoms with van der Waals surface area (Å²) in [5.74, 6) is -0.243. The Bertz CT molecular complexity index is 675. The Kier molecular flexibility index (Phi) is 8.01. The van der Waals surface area contributed by atoms with Crippen molar-refractivity contribution in [2.24, 2.45) is 17.8 Å². The van der Waals surface area contributed by atoms with Crippen LogP contribution in [0.2, 0.25) is 0 Å². The first-order valence-electron chi connectivity index (χ1n) is 10.2. The standard InChI is InChI=1S/C22H33NO5/c1-15(2)19-8-7-16(3)14-22(19,27)21(26)23-10-9-17-5-4-6-18(13-17)20(25)28-12-11-24/h4-6,13,15-16,19,24,27H,7-12,14H2,1-3H3,(H,23,26)/t16-,19+,22+/m1/s1. The Balaban J connectivity index is 1.95. The zero-order chi connectivity index (χ0) is 20.7. The first-order chi connectivity index (χ1) is 13.3. The number of rotatable bonds is 8. The smallest absolute Gasteiger partial charge is 0.338 e. The van der Waals surface area contributed by atoms with Crippen molar-refractivity contribution in [3.8, 4) is 0 Å². The SMILES string of the molecule is CC(C)[C@@H]1CC[C@@H](C)C[C@@]1(O)C(=O)NCCc1cccc(C(=O)OCCO)c1. The molecule has 0 unspecified atom stereocenters. The minimum atomic E-state index is -1.32. The number of aliphatic hydroxyl groups excluding tert-OH is 1. The van der Waals surface area contributed by atoms with Gasteiger partial charge in [-0.3, -0.25) is 4.79 Å². The summed E-state index contributed by atoms with van der Waals surface area (Å²) < 4.78 is 4.92. The van der Waals surface area contributed by atoms with Crippen LogP contribution in [0.25, 0.3) is 0 Å². The minimum Gasteiger partial charge on any atom is -0.460 e. The van der Waals surface area contributed by atoms with Crippen LogP contribution in [0.3, 0.4) is 0 Å². The molecule has 1 aromatic rings. The molecule has 0 radical (unpaired) electrons. The number of aliphatic hydroxyl groups is 2. The highest BCUT2D eigenvalue weighted by Crippen LogP contribution is 2.41. The Labute approximate surface area is 167 Å². The average Bonchev–Trinajstić information content (AvgIpc) is 2.65. The van der Waals surface area contributed by atoms with E-state index in [0.717, 1.165) is 18.4 Å². The van der Waals surface area contributed by atoms with Gasteiger partial charge in [-0.2, -0.15) is 0 Å². The molecule has 0 saturated heterocycles. The topological polar surface area (TPSA) is 95.9 Å². The van der Waals surface area contributed by atoms with Gasteiger partial charge in [-0.05, 0) is 54.7 Å². The van der Waals surface area contributed by atoms with Gasteiger partial charge in [-0.25, -0.2) is 4.79 Å². The number of nitrogens with one attached hydrogen (secondary N) is 1. The van der Waals surface area contributed by atoms with Gasteiger partial charge in [0.15, 0.2) is 0 Å². The maximum Gasteiger partial charge on any atom is 0.338 e. The van der Waals surface area contributed by atoms with Gasteiger partial charge in [0.2, 0.25) is 0 Å². The quantitative estimate of drug-likeness (QED) is 0.591. The van der Waals surface area contributed by atoms with E-state index >= 15 is 0 Å². The molecule has 1 aliphatic rings. The summed E-state index contributed by atoms with van der Waals surface area (Å²) in [6.45, 7) is 6.33. The number of benzene rings is 1. The van der Waals surface area contributed by atoms with Gasteiger partial charge in [-0.1, -0.05) is 39.3 Å². The van der Waals surface area contributed by atoms with Crippen LogP contribution >= 0.6 is 0 Å². The molecule has 1 fully saturated rings. The summed E-state index contributed by atoms with van der Waals surface area (Å²) in [4.78, 5) is 24.7. The molecule has 1 amide bonds. The van der Waals surface area contributed by atoms with Gasteiger partial charge < -0.3 is 20.3 Å². The van der Waals surface area contributed by atoms with Crippen molar-refractivity contribution in [1.29, 1.82) is 0 Å². The molecular formula is C22H33NO5. The molecule has 3 atom stereocenters.